The van der Waals surface area contributed by atoms with Gasteiger partial charge in [0, 0.05) is 92.3 Å². The van der Waals surface area contributed by atoms with Gasteiger partial charge in [-0.2, -0.15) is 0 Å². The van der Waals surface area contributed by atoms with Crippen LogP contribution in [0.15, 0.2) is 0 Å². The number of likely N-dealkylation sites (N-methyl/N-ethyl adjacent to an activating group) is 1. The maximum atomic E-state index is 12.7. The summed E-state index contributed by atoms with van der Waals surface area (Å²) < 4.78 is 5.44. The molecule has 1 aliphatic rings. The van der Waals surface area contributed by atoms with Crippen molar-refractivity contribution in [2.75, 3.05) is 72.5 Å². The molecule has 0 saturated carbocycles. The van der Waals surface area contributed by atoms with Gasteiger partial charge in [-0.15, -0.1) is 0 Å². The second kappa shape index (κ2) is 13.5. The van der Waals surface area contributed by atoms with E-state index in [-0.39, 0.29) is 29.7 Å². The standard InChI is InChI=1S/C24H45N5O5/c1-19(2)22(32)28(13-9-25(8)20(3)30)18-17-27(21(4)31)14-10-26-11-15-29(16-12-26)23(33)34-24(5,6)7/h19H,9-18H2,1-8H3. The highest BCUT2D eigenvalue weighted by atomic mass is 16.6. The third kappa shape index (κ3) is 10.7. The van der Waals surface area contributed by atoms with Crippen molar-refractivity contribution in [1.82, 2.24) is 24.5 Å². The Labute approximate surface area is 205 Å². The summed E-state index contributed by atoms with van der Waals surface area (Å²) in [5.74, 6) is -0.229. The second-order valence-electron chi connectivity index (χ2n) is 10.2. The Bertz CT molecular complexity index is 698. The highest BCUT2D eigenvalue weighted by Gasteiger charge is 2.26. The molecular formula is C24H45N5O5. The average Bonchev–Trinajstić information content (AvgIpc) is 2.73. The molecule has 0 bridgehead atoms. The van der Waals surface area contributed by atoms with Gasteiger partial charge in [0.25, 0.3) is 0 Å². The van der Waals surface area contributed by atoms with Crippen molar-refractivity contribution in [3.8, 4) is 0 Å². The molecule has 1 aliphatic heterocycles. The van der Waals surface area contributed by atoms with E-state index in [1.165, 1.54) is 6.92 Å². The van der Waals surface area contributed by atoms with Gasteiger partial charge in [0.15, 0.2) is 0 Å². The van der Waals surface area contributed by atoms with Crippen LogP contribution in [0.2, 0.25) is 0 Å². The lowest BCUT2D eigenvalue weighted by molar-refractivity contribution is -0.137. The second-order valence-corrected chi connectivity index (χ2v) is 10.2. The van der Waals surface area contributed by atoms with Crippen molar-refractivity contribution < 1.29 is 23.9 Å². The molecule has 0 atom stereocenters. The van der Waals surface area contributed by atoms with Crippen molar-refractivity contribution in [2.45, 2.75) is 54.1 Å². The first-order chi connectivity index (χ1) is 15.7. The number of amides is 4. The number of carbonyl (C=O) groups excluding carboxylic acids is 4. The highest BCUT2D eigenvalue weighted by molar-refractivity contribution is 5.78. The third-order valence-electron chi connectivity index (χ3n) is 5.84. The molecule has 34 heavy (non-hydrogen) atoms. The van der Waals surface area contributed by atoms with Crippen LogP contribution in [0.5, 0.6) is 0 Å². The van der Waals surface area contributed by atoms with Gasteiger partial charge in [0.2, 0.25) is 17.7 Å². The first-order valence-electron chi connectivity index (χ1n) is 12.2. The molecule has 1 rings (SSSR count). The minimum Gasteiger partial charge on any atom is -0.444 e. The van der Waals surface area contributed by atoms with Crippen molar-refractivity contribution in [3.05, 3.63) is 0 Å². The third-order valence-corrected chi connectivity index (χ3v) is 5.84. The number of piperazine rings is 1. The fraction of sp³-hybridized carbons (Fsp3) is 0.833. The lowest BCUT2D eigenvalue weighted by Gasteiger charge is -2.36. The highest BCUT2D eigenvalue weighted by Crippen LogP contribution is 2.12. The summed E-state index contributed by atoms with van der Waals surface area (Å²) in [6.45, 7) is 18.0. The predicted molar refractivity (Wildman–Crippen MR) is 131 cm³/mol. The van der Waals surface area contributed by atoms with Gasteiger partial charge in [-0.1, -0.05) is 13.8 Å². The van der Waals surface area contributed by atoms with Crippen molar-refractivity contribution in [2.24, 2.45) is 5.92 Å². The van der Waals surface area contributed by atoms with Gasteiger partial charge in [-0.05, 0) is 20.8 Å². The predicted octanol–water partition coefficient (Wildman–Crippen LogP) is 1.35. The van der Waals surface area contributed by atoms with E-state index in [0.29, 0.717) is 52.4 Å². The number of ether oxygens (including phenoxy) is 1. The maximum Gasteiger partial charge on any atom is 0.410 e. The molecule has 0 aliphatic carbocycles. The van der Waals surface area contributed by atoms with Crippen LogP contribution < -0.4 is 0 Å². The van der Waals surface area contributed by atoms with Crippen LogP contribution in [-0.4, -0.2) is 126 Å². The van der Waals surface area contributed by atoms with E-state index in [9.17, 15) is 19.2 Å². The van der Waals surface area contributed by atoms with E-state index >= 15 is 0 Å². The molecule has 1 fully saturated rings. The molecule has 1 heterocycles. The SMILES string of the molecule is CC(=O)N(C)CCN(CCN(CCN1CCN(C(=O)OC(C)(C)C)CC1)C(C)=O)C(=O)C(C)C. The van der Waals surface area contributed by atoms with Crippen LogP contribution in [0.1, 0.15) is 48.5 Å². The van der Waals surface area contributed by atoms with Crippen molar-refractivity contribution in [3.63, 3.8) is 0 Å². The minimum atomic E-state index is -0.511. The molecule has 0 radical (unpaired) electrons. The Kier molecular flexibility index (Phi) is 11.8. The molecule has 1 saturated heterocycles. The lowest BCUT2D eigenvalue weighted by atomic mass is 10.2. The first kappa shape index (κ1) is 29.7. The number of hydrogen-bond donors (Lipinski definition) is 0. The van der Waals surface area contributed by atoms with E-state index in [4.69, 9.17) is 4.74 Å². The zero-order valence-corrected chi connectivity index (χ0v) is 22.4. The summed E-state index contributed by atoms with van der Waals surface area (Å²) in [6.07, 6.45) is -0.289. The Morgan fingerprint density at radius 1 is 0.824 bits per heavy atom. The normalized spacial score (nSPS) is 14.7. The quantitative estimate of drug-likeness (QED) is 0.466. The molecule has 0 aromatic carbocycles. The molecule has 196 valence electrons. The Balaban J connectivity index is 2.57. The molecule has 0 spiro atoms. The van der Waals surface area contributed by atoms with Crippen LogP contribution >= 0.6 is 0 Å². The number of nitrogens with zero attached hydrogens (tertiary/aromatic N) is 5. The van der Waals surface area contributed by atoms with E-state index < -0.39 is 5.60 Å². The largest absolute Gasteiger partial charge is 0.444 e. The van der Waals surface area contributed by atoms with Crippen LogP contribution in [0, 0.1) is 5.92 Å². The summed E-state index contributed by atoms with van der Waals surface area (Å²) in [7, 11) is 1.71. The summed E-state index contributed by atoms with van der Waals surface area (Å²) in [5, 5.41) is 0. The zero-order chi connectivity index (χ0) is 26.1. The average molecular weight is 484 g/mol. The fourth-order valence-electron chi connectivity index (χ4n) is 3.54. The maximum absolute atomic E-state index is 12.7. The van der Waals surface area contributed by atoms with E-state index in [2.05, 4.69) is 4.90 Å². The molecule has 0 aromatic rings. The number of rotatable bonds is 10. The summed E-state index contributed by atoms with van der Waals surface area (Å²) in [6, 6.07) is 0. The molecule has 0 unspecified atom stereocenters. The van der Waals surface area contributed by atoms with E-state index in [1.807, 2.05) is 34.6 Å². The molecule has 10 nitrogen and oxygen atoms in total. The zero-order valence-electron chi connectivity index (χ0n) is 22.4. The van der Waals surface area contributed by atoms with Gasteiger partial charge >= 0.3 is 6.09 Å². The van der Waals surface area contributed by atoms with Gasteiger partial charge in [-0.25, -0.2) is 4.79 Å². The smallest absolute Gasteiger partial charge is 0.410 e. The van der Waals surface area contributed by atoms with Crippen molar-refractivity contribution >= 4 is 23.8 Å². The molecule has 10 heteroatoms. The van der Waals surface area contributed by atoms with Gasteiger partial charge in [0.05, 0.1) is 0 Å². The first-order valence-corrected chi connectivity index (χ1v) is 12.2. The molecule has 0 N–H and O–H groups in total. The number of hydrogen-bond acceptors (Lipinski definition) is 6. The van der Waals surface area contributed by atoms with Crippen LogP contribution in [0.25, 0.3) is 0 Å². The fourth-order valence-corrected chi connectivity index (χ4v) is 3.54. The molecule has 4 amide bonds. The van der Waals surface area contributed by atoms with Crippen LogP contribution in [-0.2, 0) is 19.1 Å². The summed E-state index contributed by atoms with van der Waals surface area (Å²) in [5.41, 5.74) is -0.511. The van der Waals surface area contributed by atoms with Gasteiger partial charge < -0.3 is 24.3 Å². The lowest BCUT2D eigenvalue weighted by Crippen LogP contribution is -2.52. The van der Waals surface area contributed by atoms with E-state index in [0.717, 1.165) is 13.1 Å². The molecule has 0 aromatic heterocycles. The van der Waals surface area contributed by atoms with Gasteiger partial charge in [0.1, 0.15) is 5.60 Å². The minimum absolute atomic E-state index is 0.0127. The van der Waals surface area contributed by atoms with Crippen LogP contribution in [0.3, 0.4) is 0 Å². The van der Waals surface area contributed by atoms with Crippen molar-refractivity contribution in [1.29, 1.82) is 0 Å². The van der Waals surface area contributed by atoms with Gasteiger partial charge in [-0.3, -0.25) is 19.3 Å². The summed E-state index contributed by atoms with van der Waals surface area (Å²) in [4.78, 5) is 57.7. The summed E-state index contributed by atoms with van der Waals surface area (Å²) >= 11 is 0. The monoisotopic (exact) mass is 483 g/mol. The Morgan fingerprint density at radius 2 is 1.35 bits per heavy atom. The van der Waals surface area contributed by atoms with Crippen LogP contribution in [0.4, 0.5) is 4.79 Å². The molecular weight excluding hydrogens is 438 g/mol. The number of carbonyl (C=O) groups is 4. The Morgan fingerprint density at radius 3 is 1.82 bits per heavy atom. The van der Waals surface area contributed by atoms with E-state index in [1.54, 1.807) is 33.6 Å². The topological polar surface area (TPSA) is 93.7 Å². The Hall–Kier alpha value is -2.36.